The van der Waals surface area contributed by atoms with Gasteiger partial charge in [-0.1, -0.05) is 36.4 Å². The third-order valence-electron chi connectivity index (χ3n) is 5.34. The van der Waals surface area contributed by atoms with Crippen LogP contribution in [-0.2, 0) is 17.9 Å². The van der Waals surface area contributed by atoms with Crippen molar-refractivity contribution in [1.82, 2.24) is 4.90 Å². The molecular formula is C26H19N3O6S. The van der Waals surface area contributed by atoms with E-state index < -0.39 is 16.1 Å². The quantitative estimate of drug-likeness (QED) is 0.232. The fourth-order valence-corrected chi connectivity index (χ4v) is 4.38. The summed E-state index contributed by atoms with van der Waals surface area (Å²) in [5, 5.41) is 19.8. The number of nitro benzene ring substituents is 1. The normalized spacial score (nSPS) is 14.1. The van der Waals surface area contributed by atoms with Gasteiger partial charge in [0.05, 0.1) is 35.1 Å². The third-order valence-corrected chi connectivity index (χ3v) is 6.25. The highest BCUT2D eigenvalue weighted by Gasteiger charge is 2.35. The smallest absolute Gasteiger partial charge is 0.293 e. The molecule has 0 saturated carbocycles. The Kier molecular flexibility index (Phi) is 7.32. The van der Waals surface area contributed by atoms with Crippen molar-refractivity contribution in [3.05, 3.63) is 104 Å². The SMILES string of the molecule is COc1cc(/C=C2/SC(=O)N(Cc3cccc([N+](=O)[O-])c3)C2=O)ccc1OCc1ccccc1C#N. The van der Waals surface area contributed by atoms with Crippen LogP contribution in [0.5, 0.6) is 11.5 Å². The lowest BCUT2D eigenvalue weighted by Gasteiger charge is -2.13. The van der Waals surface area contributed by atoms with Crippen molar-refractivity contribution in [1.29, 1.82) is 5.26 Å². The number of imide groups is 1. The van der Waals surface area contributed by atoms with Crippen molar-refractivity contribution in [3.63, 3.8) is 0 Å². The summed E-state index contributed by atoms with van der Waals surface area (Å²) in [4.78, 5) is 37.1. The molecule has 2 amide bonds. The minimum atomic E-state index is -0.528. The molecule has 0 bridgehead atoms. The Labute approximate surface area is 210 Å². The molecule has 0 aromatic heterocycles. The third kappa shape index (κ3) is 5.37. The van der Waals surface area contributed by atoms with Gasteiger partial charge in [0.2, 0.25) is 0 Å². The average Bonchev–Trinajstić information content (AvgIpc) is 3.15. The molecule has 1 fully saturated rings. The van der Waals surface area contributed by atoms with Crippen LogP contribution in [0.3, 0.4) is 0 Å². The van der Waals surface area contributed by atoms with E-state index in [0.717, 1.165) is 22.2 Å². The van der Waals surface area contributed by atoms with Crippen molar-refractivity contribution in [2.24, 2.45) is 0 Å². The molecule has 0 spiro atoms. The van der Waals surface area contributed by atoms with Crippen LogP contribution in [-0.4, -0.2) is 28.1 Å². The van der Waals surface area contributed by atoms with Crippen molar-refractivity contribution in [2.75, 3.05) is 7.11 Å². The van der Waals surface area contributed by atoms with Crippen LogP contribution in [0.1, 0.15) is 22.3 Å². The zero-order chi connectivity index (χ0) is 25.7. The first kappa shape index (κ1) is 24.5. The largest absolute Gasteiger partial charge is 0.493 e. The highest BCUT2D eigenvalue weighted by atomic mass is 32.2. The van der Waals surface area contributed by atoms with E-state index in [4.69, 9.17) is 9.47 Å². The molecule has 0 atom stereocenters. The summed E-state index contributed by atoms with van der Waals surface area (Å²) in [6, 6.07) is 20.2. The molecule has 0 aliphatic carbocycles. The number of benzene rings is 3. The number of nitrogens with zero attached hydrogens (tertiary/aromatic N) is 3. The first-order valence-electron chi connectivity index (χ1n) is 10.7. The lowest BCUT2D eigenvalue weighted by Crippen LogP contribution is -2.27. The van der Waals surface area contributed by atoms with Crippen LogP contribution < -0.4 is 9.47 Å². The van der Waals surface area contributed by atoms with Gasteiger partial charge in [-0.2, -0.15) is 5.26 Å². The number of hydrogen-bond donors (Lipinski definition) is 0. The standard InChI is InChI=1S/C26H19N3O6S/c1-34-23-12-17(9-10-22(23)35-16-20-7-3-2-6-19(20)14-27)13-24-25(30)28(26(31)36-24)15-18-5-4-8-21(11-18)29(32)33/h2-13H,15-16H2,1H3/b24-13+. The van der Waals surface area contributed by atoms with Gasteiger partial charge in [-0.3, -0.25) is 24.6 Å². The number of rotatable bonds is 8. The molecule has 1 aliphatic rings. The fraction of sp³-hybridized carbons (Fsp3) is 0.115. The van der Waals surface area contributed by atoms with Gasteiger partial charge in [0, 0.05) is 17.7 Å². The van der Waals surface area contributed by atoms with E-state index in [-0.39, 0.29) is 23.7 Å². The van der Waals surface area contributed by atoms with Gasteiger partial charge in [0.1, 0.15) is 6.61 Å². The van der Waals surface area contributed by atoms with Crippen LogP contribution >= 0.6 is 11.8 Å². The van der Waals surface area contributed by atoms with Crippen molar-refractivity contribution >= 4 is 34.7 Å². The zero-order valence-corrected chi connectivity index (χ0v) is 19.9. The number of thioether (sulfide) groups is 1. The molecule has 4 rings (SSSR count). The first-order valence-corrected chi connectivity index (χ1v) is 11.5. The molecule has 3 aromatic carbocycles. The first-order chi connectivity index (χ1) is 17.4. The predicted octanol–water partition coefficient (Wildman–Crippen LogP) is 5.29. The summed E-state index contributed by atoms with van der Waals surface area (Å²) in [7, 11) is 1.49. The van der Waals surface area contributed by atoms with Gasteiger partial charge >= 0.3 is 0 Å². The monoisotopic (exact) mass is 501 g/mol. The van der Waals surface area contributed by atoms with Crippen molar-refractivity contribution in [2.45, 2.75) is 13.2 Å². The summed E-state index contributed by atoms with van der Waals surface area (Å²) in [5.41, 5.74) is 2.25. The molecule has 0 N–H and O–H groups in total. The highest BCUT2D eigenvalue weighted by molar-refractivity contribution is 8.18. The van der Waals surface area contributed by atoms with E-state index in [1.54, 1.807) is 42.5 Å². The van der Waals surface area contributed by atoms with E-state index >= 15 is 0 Å². The molecule has 0 unspecified atom stereocenters. The molecule has 180 valence electrons. The van der Waals surface area contributed by atoms with Crippen molar-refractivity contribution in [3.8, 4) is 17.6 Å². The van der Waals surface area contributed by atoms with Gasteiger partial charge in [-0.05, 0) is 47.2 Å². The molecule has 10 heteroatoms. The van der Waals surface area contributed by atoms with E-state index in [9.17, 15) is 25.0 Å². The Morgan fingerprint density at radius 2 is 1.89 bits per heavy atom. The molecule has 9 nitrogen and oxygen atoms in total. The molecule has 1 heterocycles. The number of carbonyl (C=O) groups excluding carboxylic acids is 2. The second kappa shape index (κ2) is 10.8. The van der Waals surface area contributed by atoms with E-state index in [1.807, 2.05) is 12.1 Å². The van der Waals surface area contributed by atoms with Crippen LogP contribution in [0.25, 0.3) is 6.08 Å². The topological polar surface area (TPSA) is 123 Å². The van der Waals surface area contributed by atoms with Gasteiger partial charge in [0.25, 0.3) is 16.8 Å². The van der Waals surface area contributed by atoms with Gasteiger partial charge in [-0.25, -0.2) is 0 Å². The van der Waals surface area contributed by atoms with Gasteiger partial charge in [-0.15, -0.1) is 0 Å². The van der Waals surface area contributed by atoms with Crippen molar-refractivity contribution < 1.29 is 24.0 Å². The Morgan fingerprint density at radius 3 is 2.64 bits per heavy atom. The van der Waals surface area contributed by atoms with Crippen LogP contribution in [0, 0.1) is 21.4 Å². The number of ether oxygens (including phenoxy) is 2. The summed E-state index contributed by atoms with van der Waals surface area (Å²) in [5.74, 6) is 0.402. The van der Waals surface area contributed by atoms with Crippen LogP contribution in [0.15, 0.2) is 71.6 Å². The fourth-order valence-electron chi connectivity index (χ4n) is 3.54. The molecule has 3 aromatic rings. The lowest BCUT2D eigenvalue weighted by molar-refractivity contribution is -0.384. The summed E-state index contributed by atoms with van der Waals surface area (Å²) < 4.78 is 11.3. The van der Waals surface area contributed by atoms with E-state index in [1.165, 1.54) is 25.3 Å². The number of methoxy groups -OCH3 is 1. The number of nitro groups is 1. The lowest BCUT2D eigenvalue weighted by atomic mass is 10.1. The molecule has 0 radical (unpaired) electrons. The maximum absolute atomic E-state index is 12.9. The minimum Gasteiger partial charge on any atom is -0.493 e. The molecule has 1 aliphatic heterocycles. The molecule has 1 saturated heterocycles. The zero-order valence-electron chi connectivity index (χ0n) is 19.0. The summed E-state index contributed by atoms with van der Waals surface area (Å²) in [6.07, 6.45) is 1.58. The maximum Gasteiger partial charge on any atom is 0.293 e. The predicted molar refractivity (Wildman–Crippen MR) is 133 cm³/mol. The molecular weight excluding hydrogens is 482 g/mol. The average molecular weight is 502 g/mol. The maximum atomic E-state index is 12.9. The number of amides is 2. The summed E-state index contributed by atoms with van der Waals surface area (Å²) in [6.45, 7) is 0.111. The van der Waals surface area contributed by atoms with E-state index in [2.05, 4.69) is 6.07 Å². The Morgan fingerprint density at radius 1 is 1.08 bits per heavy atom. The second-order valence-electron chi connectivity index (χ2n) is 7.66. The molecule has 36 heavy (non-hydrogen) atoms. The Bertz CT molecular complexity index is 1430. The summed E-state index contributed by atoms with van der Waals surface area (Å²) >= 11 is 0.798. The van der Waals surface area contributed by atoms with Gasteiger partial charge in [0.15, 0.2) is 11.5 Å². The van der Waals surface area contributed by atoms with Crippen LogP contribution in [0.2, 0.25) is 0 Å². The van der Waals surface area contributed by atoms with Gasteiger partial charge < -0.3 is 9.47 Å². The Balaban J connectivity index is 1.50. The Hall–Kier alpha value is -4.62. The number of carbonyl (C=O) groups is 2. The van der Waals surface area contributed by atoms with E-state index in [0.29, 0.717) is 28.2 Å². The number of nitriles is 1. The minimum absolute atomic E-state index is 0.0655. The highest BCUT2D eigenvalue weighted by Crippen LogP contribution is 2.35. The second-order valence-corrected chi connectivity index (χ2v) is 8.66. The van der Waals surface area contributed by atoms with Crippen LogP contribution in [0.4, 0.5) is 10.5 Å². The number of hydrogen-bond acceptors (Lipinski definition) is 8. The number of non-ortho nitro benzene ring substituents is 1.